The number of pyridine rings is 4. The maximum Gasteiger partial charge on any atom is 0.0900 e. The monoisotopic (exact) mass is 644 g/mol. The van der Waals surface area contributed by atoms with Gasteiger partial charge in [-0.25, -0.2) is 9.97 Å². The first-order valence-corrected chi connectivity index (χ1v) is 17.0. The first-order chi connectivity index (χ1) is 24.3. The lowest BCUT2D eigenvalue weighted by molar-refractivity contribution is 1.22. The zero-order valence-electron chi connectivity index (χ0n) is 26.4. The molecule has 0 saturated heterocycles. The van der Waals surface area contributed by atoms with E-state index in [-0.39, 0.29) is 0 Å². The molecule has 230 valence electrons. The Kier molecular flexibility index (Phi) is 7.30. The summed E-state index contributed by atoms with van der Waals surface area (Å²) in [5.41, 5.74) is 12.1. The number of nitrogens with zero attached hydrogens (tertiary/aromatic N) is 4. The molecule has 0 aliphatic heterocycles. The molecule has 4 nitrogen and oxygen atoms in total. The highest BCUT2D eigenvalue weighted by Gasteiger charge is 2.22. The van der Waals surface area contributed by atoms with Gasteiger partial charge in [-0.2, -0.15) is 0 Å². The predicted molar refractivity (Wildman–Crippen MR) is 203 cm³/mol. The average molecular weight is 645 g/mol. The normalized spacial score (nSPS) is 11.3. The summed E-state index contributed by atoms with van der Waals surface area (Å²) in [5.74, 6) is 0. The number of hydrogen-bond donors (Lipinski definition) is 0. The van der Waals surface area contributed by atoms with Crippen LogP contribution < -0.4 is 0 Å². The molecule has 0 aliphatic carbocycles. The quantitative estimate of drug-likeness (QED) is 0.181. The number of para-hydroxylation sites is 1. The van der Waals surface area contributed by atoms with Gasteiger partial charge in [0.25, 0.3) is 0 Å². The molecule has 49 heavy (non-hydrogen) atoms. The molecule has 0 unspecified atom stereocenters. The first-order valence-electron chi connectivity index (χ1n) is 16.2. The highest BCUT2D eigenvalue weighted by atomic mass is 32.1. The highest BCUT2D eigenvalue weighted by Crippen LogP contribution is 2.50. The summed E-state index contributed by atoms with van der Waals surface area (Å²) in [4.78, 5) is 20.7. The molecular weight excluding hydrogens is 617 g/mol. The molecule has 0 fully saturated rings. The van der Waals surface area contributed by atoms with Crippen LogP contribution in [0.1, 0.15) is 0 Å². The fourth-order valence-corrected chi connectivity index (χ4v) is 7.84. The number of benzene rings is 4. The number of hydrogen-bond acceptors (Lipinski definition) is 5. The third-order valence-electron chi connectivity index (χ3n) is 8.80. The Bertz CT molecular complexity index is 2510. The van der Waals surface area contributed by atoms with Gasteiger partial charge in [0.15, 0.2) is 0 Å². The molecular formula is C44H28N4S. The van der Waals surface area contributed by atoms with Crippen LogP contribution in [-0.2, 0) is 0 Å². The van der Waals surface area contributed by atoms with Crippen molar-refractivity contribution in [3.05, 3.63) is 170 Å². The molecule has 0 saturated carbocycles. The van der Waals surface area contributed by atoms with Gasteiger partial charge in [0.1, 0.15) is 0 Å². The van der Waals surface area contributed by atoms with E-state index in [0.717, 1.165) is 56.2 Å². The van der Waals surface area contributed by atoms with Gasteiger partial charge in [0, 0.05) is 43.9 Å². The second-order valence-corrected chi connectivity index (χ2v) is 12.9. The Balaban J connectivity index is 1.26. The molecule has 9 aromatic rings. The van der Waals surface area contributed by atoms with Crippen LogP contribution in [0.4, 0.5) is 0 Å². The third-order valence-corrected chi connectivity index (χ3v) is 10.1. The van der Waals surface area contributed by atoms with Gasteiger partial charge in [-0.1, -0.05) is 115 Å². The second kappa shape index (κ2) is 12.4. The van der Waals surface area contributed by atoms with Gasteiger partial charge in [0.2, 0.25) is 0 Å². The van der Waals surface area contributed by atoms with E-state index in [0.29, 0.717) is 0 Å². The minimum Gasteiger partial charge on any atom is -0.255 e. The Morgan fingerprint density at radius 2 is 0.980 bits per heavy atom. The zero-order chi connectivity index (χ0) is 32.6. The van der Waals surface area contributed by atoms with Crippen LogP contribution in [0.5, 0.6) is 0 Å². The van der Waals surface area contributed by atoms with Crippen LogP contribution in [-0.4, -0.2) is 19.9 Å². The average Bonchev–Trinajstić information content (AvgIpc) is 3.60. The smallest absolute Gasteiger partial charge is 0.0900 e. The first kappa shape index (κ1) is 28.9. The maximum absolute atomic E-state index is 5.30. The van der Waals surface area contributed by atoms with Gasteiger partial charge in [-0.05, 0) is 64.7 Å². The SMILES string of the molecule is c1ccc(-c2sc3c(c(-c4ccccc4)nc4ccccc43)c2-c2ccc(-c3cc(-c4ccccn4)nc(-c4ccccn4)c3)cc2)cc1. The molecule has 0 atom stereocenters. The van der Waals surface area contributed by atoms with Gasteiger partial charge in [-0.15, -0.1) is 11.3 Å². The van der Waals surface area contributed by atoms with Crippen LogP contribution >= 0.6 is 11.3 Å². The molecule has 4 aromatic carbocycles. The lowest BCUT2D eigenvalue weighted by Crippen LogP contribution is -1.94. The third kappa shape index (κ3) is 5.36. The molecule has 0 aliphatic rings. The van der Waals surface area contributed by atoms with E-state index >= 15 is 0 Å². The summed E-state index contributed by atoms with van der Waals surface area (Å²) in [6, 6.07) is 54.7. The number of fused-ring (bicyclic) bond motifs is 3. The molecule has 5 heteroatoms. The van der Waals surface area contributed by atoms with Gasteiger partial charge < -0.3 is 0 Å². The Hall–Kier alpha value is -6.30. The van der Waals surface area contributed by atoms with Gasteiger partial charge in [0.05, 0.1) is 34.0 Å². The number of rotatable bonds is 6. The van der Waals surface area contributed by atoms with Crippen LogP contribution in [0.25, 0.3) is 87.7 Å². The highest BCUT2D eigenvalue weighted by molar-refractivity contribution is 7.24. The van der Waals surface area contributed by atoms with Crippen molar-refractivity contribution in [3.63, 3.8) is 0 Å². The minimum atomic E-state index is 0.809. The van der Waals surface area contributed by atoms with Crippen molar-refractivity contribution < 1.29 is 0 Å². The molecule has 0 amide bonds. The molecule has 5 heterocycles. The van der Waals surface area contributed by atoms with Crippen LogP contribution in [0.2, 0.25) is 0 Å². The van der Waals surface area contributed by atoms with Crippen molar-refractivity contribution in [2.45, 2.75) is 0 Å². The summed E-state index contributed by atoms with van der Waals surface area (Å²) < 4.78 is 1.25. The molecule has 0 spiro atoms. The predicted octanol–water partition coefficient (Wildman–Crippen LogP) is 11.6. The second-order valence-electron chi connectivity index (χ2n) is 11.9. The van der Waals surface area contributed by atoms with Crippen molar-refractivity contribution in [1.29, 1.82) is 0 Å². The summed E-state index contributed by atoms with van der Waals surface area (Å²) in [5, 5.41) is 2.35. The van der Waals surface area contributed by atoms with E-state index in [1.54, 1.807) is 12.4 Å². The lowest BCUT2D eigenvalue weighted by atomic mass is 9.93. The molecule has 9 rings (SSSR count). The molecule has 0 N–H and O–H groups in total. The van der Waals surface area contributed by atoms with Crippen molar-refractivity contribution >= 4 is 32.3 Å². The molecule has 5 aromatic heterocycles. The van der Waals surface area contributed by atoms with E-state index in [9.17, 15) is 0 Å². The van der Waals surface area contributed by atoms with Crippen molar-refractivity contribution in [3.8, 4) is 66.7 Å². The number of thiophene rings is 1. The lowest BCUT2D eigenvalue weighted by Gasteiger charge is -2.12. The fraction of sp³-hybridized carbons (Fsp3) is 0. The minimum absolute atomic E-state index is 0.809. The van der Waals surface area contributed by atoms with E-state index < -0.39 is 0 Å². The van der Waals surface area contributed by atoms with E-state index in [1.807, 2.05) is 47.7 Å². The maximum atomic E-state index is 5.30. The van der Waals surface area contributed by atoms with Crippen molar-refractivity contribution in [2.75, 3.05) is 0 Å². The fourth-order valence-electron chi connectivity index (χ4n) is 6.48. The summed E-state index contributed by atoms with van der Waals surface area (Å²) in [7, 11) is 0. The number of aromatic nitrogens is 4. The van der Waals surface area contributed by atoms with Crippen LogP contribution in [0, 0.1) is 0 Å². The van der Waals surface area contributed by atoms with Crippen LogP contribution in [0.15, 0.2) is 170 Å². The van der Waals surface area contributed by atoms with Gasteiger partial charge in [-0.3, -0.25) is 9.97 Å². The topological polar surface area (TPSA) is 51.6 Å². The summed E-state index contributed by atoms with van der Waals surface area (Å²) in [6.45, 7) is 0. The largest absolute Gasteiger partial charge is 0.255 e. The van der Waals surface area contributed by atoms with Crippen molar-refractivity contribution in [1.82, 2.24) is 19.9 Å². The van der Waals surface area contributed by atoms with Crippen LogP contribution in [0.3, 0.4) is 0 Å². The van der Waals surface area contributed by atoms with E-state index in [2.05, 4.69) is 131 Å². The van der Waals surface area contributed by atoms with Gasteiger partial charge >= 0.3 is 0 Å². The van der Waals surface area contributed by atoms with E-state index in [4.69, 9.17) is 9.97 Å². The zero-order valence-corrected chi connectivity index (χ0v) is 27.2. The Morgan fingerprint density at radius 3 is 1.61 bits per heavy atom. The standard InChI is InChI=1S/C44H28N4S/c1-3-13-31(14-4-1)42-41-40(43(32-15-5-2-6-16-32)49-44(41)34-17-7-8-18-35(34)48-42)30-23-21-29(22-24-30)33-27-38(36-19-9-11-25-45-36)47-39(28-33)37-20-10-12-26-46-37/h1-28H. The summed E-state index contributed by atoms with van der Waals surface area (Å²) in [6.07, 6.45) is 3.60. The van der Waals surface area contributed by atoms with Crippen molar-refractivity contribution in [2.24, 2.45) is 0 Å². The Morgan fingerprint density at radius 1 is 0.408 bits per heavy atom. The molecule has 0 radical (unpaired) electrons. The Labute approximate surface area is 288 Å². The summed E-state index contributed by atoms with van der Waals surface area (Å²) >= 11 is 1.85. The molecule has 0 bridgehead atoms. The van der Waals surface area contributed by atoms with E-state index in [1.165, 1.54) is 31.5 Å².